The van der Waals surface area contributed by atoms with Crippen molar-refractivity contribution >= 4 is 0 Å². The van der Waals surface area contributed by atoms with Gasteiger partial charge in [-0.05, 0) is 42.9 Å². The topological polar surface area (TPSA) is 24.9 Å². The molecule has 20 heavy (non-hydrogen) atoms. The molecule has 2 nitrogen and oxygen atoms in total. The largest absolute Gasteiger partial charge is 0.305 e. The number of hydrogen-bond acceptors (Lipinski definition) is 2. The highest BCUT2D eigenvalue weighted by atomic mass is 15.0. The Labute approximate surface area is 120 Å². The number of aryl methyl sites for hydroxylation is 1. The van der Waals surface area contributed by atoms with Gasteiger partial charge in [0.05, 0.1) is 5.69 Å². The van der Waals surface area contributed by atoms with Gasteiger partial charge in [-0.1, -0.05) is 36.4 Å². The Balaban J connectivity index is 1.47. The van der Waals surface area contributed by atoms with Crippen LogP contribution in [0, 0.1) is 0 Å². The summed E-state index contributed by atoms with van der Waals surface area (Å²) in [5.41, 5.74) is 4.20. The van der Waals surface area contributed by atoms with Crippen molar-refractivity contribution in [3.8, 4) is 0 Å². The number of fused-ring (bicyclic) bond motifs is 1. The molecule has 2 aliphatic carbocycles. The first kappa shape index (κ1) is 12.1. The quantitative estimate of drug-likeness (QED) is 0.916. The van der Waals surface area contributed by atoms with Gasteiger partial charge in [-0.25, -0.2) is 0 Å². The lowest BCUT2D eigenvalue weighted by atomic mass is 9.92. The average Bonchev–Trinajstić information content (AvgIpc) is 3.28. The van der Waals surface area contributed by atoms with E-state index in [0.717, 1.165) is 0 Å². The maximum Gasteiger partial charge on any atom is 0.0605 e. The van der Waals surface area contributed by atoms with Gasteiger partial charge in [0.2, 0.25) is 0 Å². The third-order valence-corrected chi connectivity index (χ3v) is 4.63. The van der Waals surface area contributed by atoms with Crippen molar-refractivity contribution in [3.05, 3.63) is 65.5 Å². The predicted molar refractivity (Wildman–Crippen MR) is 80.6 cm³/mol. The number of benzene rings is 1. The monoisotopic (exact) mass is 264 g/mol. The molecule has 1 fully saturated rings. The fourth-order valence-corrected chi connectivity index (χ4v) is 3.48. The van der Waals surface area contributed by atoms with E-state index < -0.39 is 0 Å². The minimum Gasteiger partial charge on any atom is -0.305 e. The van der Waals surface area contributed by atoms with Crippen LogP contribution in [0.25, 0.3) is 0 Å². The van der Waals surface area contributed by atoms with E-state index in [1.54, 1.807) is 0 Å². The lowest BCUT2D eigenvalue weighted by Gasteiger charge is -2.25. The van der Waals surface area contributed by atoms with Crippen molar-refractivity contribution in [1.29, 1.82) is 0 Å². The molecule has 2 aromatic rings. The van der Waals surface area contributed by atoms with Crippen LogP contribution < -0.4 is 5.32 Å². The van der Waals surface area contributed by atoms with Gasteiger partial charge in [0, 0.05) is 24.2 Å². The number of hydrogen-bond donors (Lipinski definition) is 1. The first-order valence-corrected chi connectivity index (χ1v) is 7.66. The summed E-state index contributed by atoms with van der Waals surface area (Å²) in [6, 6.07) is 16.3. The van der Waals surface area contributed by atoms with Crippen molar-refractivity contribution in [2.45, 2.75) is 43.7 Å². The van der Waals surface area contributed by atoms with Gasteiger partial charge in [-0.15, -0.1) is 0 Å². The van der Waals surface area contributed by atoms with Gasteiger partial charge >= 0.3 is 0 Å². The molecule has 1 heterocycles. The van der Waals surface area contributed by atoms with Gasteiger partial charge < -0.3 is 5.32 Å². The van der Waals surface area contributed by atoms with Crippen LogP contribution in [0.4, 0.5) is 0 Å². The van der Waals surface area contributed by atoms with E-state index >= 15 is 0 Å². The molecule has 2 aliphatic rings. The van der Waals surface area contributed by atoms with Crippen LogP contribution >= 0.6 is 0 Å². The zero-order chi connectivity index (χ0) is 13.4. The van der Waals surface area contributed by atoms with Gasteiger partial charge in [0.15, 0.2) is 0 Å². The van der Waals surface area contributed by atoms with E-state index in [9.17, 15) is 0 Å². The lowest BCUT2D eigenvalue weighted by molar-refractivity contribution is 0.442. The highest BCUT2D eigenvalue weighted by Gasteiger charge is 2.40. The molecule has 0 amide bonds. The average molecular weight is 264 g/mol. The van der Waals surface area contributed by atoms with Crippen LogP contribution in [0.15, 0.2) is 48.7 Å². The summed E-state index contributed by atoms with van der Waals surface area (Å²) < 4.78 is 0. The van der Waals surface area contributed by atoms with Crippen molar-refractivity contribution in [1.82, 2.24) is 10.3 Å². The SMILES string of the molecule is c1ccc(C2CC2NC2CCCc3cccnc32)cc1. The first-order valence-electron chi connectivity index (χ1n) is 7.66. The number of pyridine rings is 1. The zero-order valence-corrected chi connectivity index (χ0v) is 11.6. The van der Waals surface area contributed by atoms with Gasteiger partial charge in [-0.3, -0.25) is 4.98 Å². The van der Waals surface area contributed by atoms with Crippen molar-refractivity contribution in [3.63, 3.8) is 0 Å². The molecule has 102 valence electrons. The van der Waals surface area contributed by atoms with Crippen LogP contribution in [0.3, 0.4) is 0 Å². The third kappa shape index (κ3) is 2.25. The summed E-state index contributed by atoms with van der Waals surface area (Å²) in [6.07, 6.45) is 6.89. The molecule has 3 atom stereocenters. The molecule has 0 bridgehead atoms. The minimum atomic E-state index is 0.457. The highest BCUT2D eigenvalue weighted by Crippen LogP contribution is 2.43. The van der Waals surface area contributed by atoms with Crippen LogP contribution in [-0.4, -0.2) is 11.0 Å². The maximum absolute atomic E-state index is 4.62. The maximum atomic E-state index is 4.62. The second-order valence-corrected chi connectivity index (χ2v) is 6.02. The summed E-state index contributed by atoms with van der Waals surface area (Å²) in [5.74, 6) is 0.699. The molecule has 0 radical (unpaired) electrons. The molecule has 0 spiro atoms. The van der Waals surface area contributed by atoms with Crippen molar-refractivity contribution in [2.24, 2.45) is 0 Å². The summed E-state index contributed by atoms with van der Waals surface area (Å²) in [6.45, 7) is 0. The fraction of sp³-hybridized carbons (Fsp3) is 0.389. The Bertz CT molecular complexity index is 593. The molecule has 2 heteroatoms. The number of aromatic nitrogens is 1. The van der Waals surface area contributed by atoms with E-state index in [0.29, 0.717) is 18.0 Å². The van der Waals surface area contributed by atoms with E-state index in [2.05, 4.69) is 52.8 Å². The number of rotatable bonds is 3. The number of nitrogens with zero attached hydrogens (tertiary/aromatic N) is 1. The lowest BCUT2D eigenvalue weighted by Crippen LogP contribution is -2.28. The molecular weight excluding hydrogens is 244 g/mol. The molecule has 1 aromatic carbocycles. The van der Waals surface area contributed by atoms with Gasteiger partial charge in [-0.2, -0.15) is 0 Å². The summed E-state index contributed by atoms with van der Waals surface area (Å²) in [4.78, 5) is 4.62. The summed E-state index contributed by atoms with van der Waals surface area (Å²) in [7, 11) is 0. The Hall–Kier alpha value is -1.67. The van der Waals surface area contributed by atoms with Crippen molar-refractivity contribution in [2.75, 3.05) is 0 Å². The fourth-order valence-electron chi connectivity index (χ4n) is 3.48. The molecule has 1 saturated carbocycles. The second-order valence-electron chi connectivity index (χ2n) is 6.02. The van der Waals surface area contributed by atoms with Crippen LogP contribution in [0.2, 0.25) is 0 Å². The first-order chi connectivity index (χ1) is 9.92. The molecular formula is C18H20N2. The molecule has 1 N–H and O–H groups in total. The minimum absolute atomic E-state index is 0.457. The second kappa shape index (κ2) is 5.02. The smallest absolute Gasteiger partial charge is 0.0605 e. The van der Waals surface area contributed by atoms with E-state index in [-0.39, 0.29) is 0 Å². The predicted octanol–water partition coefficient (Wildman–Crippen LogP) is 3.60. The van der Waals surface area contributed by atoms with E-state index in [1.807, 2.05) is 6.20 Å². The number of nitrogens with one attached hydrogen (secondary N) is 1. The molecule has 0 saturated heterocycles. The van der Waals surface area contributed by atoms with Crippen molar-refractivity contribution < 1.29 is 0 Å². The Kier molecular flexibility index (Phi) is 3.04. The molecule has 3 unspecified atom stereocenters. The van der Waals surface area contributed by atoms with E-state index in [4.69, 9.17) is 0 Å². The summed E-state index contributed by atoms with van der Waals surface area (Å²) >= 11 is 0. The molecule has 0 aliphatic heterocycles. The van der Waals surface area contributed by atoms with Gasteiger partial charge in [0.1, 0.15) is 0 Å². The van der Waals surface area contributed by atoms with Gasteiger partial charge in [0.25, 0.3) is 0 Å². The Morgan fingerprint density at radius 1 is 1.05 bits per heavy atom. The zero-order valence-electron chi connectivity index (χ0n) is 11.6. The Morgan fingerprint density at radius 2 is 1.95 bits per heavy atom. The molecule has 4 rings (SSSR count). The summed E-state index contributed by atoms with van der Waals surface area (Å²) in [5, 5.41) is 3.84. The molecule has 1 aromatic heterocycles. The van der Waals surface area contributed by atoms with Crippen LogP contribution in [0.5, 0.6) is 0 Å². The van der Waals surface area contributed by atoms with Crippen LogP contribution in [-0.2, 0) is 6.42 Å². The van der Waals surface area contributed by atoms with E-state index in [1.165, 1.54) is 42.5 Å². The standard InChI is InChI=1S/C18H20N2/c1-2-6-13(7-3-1)15-12-17(15)20-16-10-4-8-14-9-5-11-19-18(14)16/h1-3,5-7,9,11,15-17,20H,4,8,10,12H2. The highest BCUT2D eigenvalue weighted by molar-refractivity contribution is 5.30. The third-order valence-electron chi connectivity index (χ3n) is 4.63. The van der Waals surface area contributed by atoms with Crippen LogP contribution in [0.1, 0.15) is 48.0 Å². The Morgan fingerprint density at radius 3 is 2.85 bits per heavy atom. The normalized spacial score (nSPS) is 27.9.